The van der Waals surface area contributed by atoms with Crippen molar-refractivity contribution < 1.29 is 14.4 Å². The smallest absolute Gasteiger partial charge is 0.321 e. The summed E-state index contributed by atoms with van der Waals surface area (Å²) >= 11 is 0. The van der Waals surface area contributed by atoms with Crippen molar-refractivity contribution in [3.63, 3.8) is 0 Å². The van der Waals surface area contributed by atoms with Gasteiger partial charge in [0, 0.05) is 22.8 Å². The van der Waals surface area contributed by atoms with E-state index in [9.17, 15) is 14.4 Å². The SMILES string of the molecule is CC(C)(C)NC(=O)c1ccc(NCC(=O)NC(=O)NC2CCCC2)cc1. The van der Waals surface area contributed by atoms with Gasteiger partial charge in [-0.25, -0.2) is 4.79 Å². The molecule has 0 spiro atoms. The molecule has 1 aromatic carbocycles. The van der Waals surface area contributed by atoms with Crippen LogP contribution in [0.1, 0.15) is 56.8 Å². The Bertz CT molecular complexity index is 644. The van der Waals surface area contributed by atoms with Crippen LogP contribution in [-0.4, -0.2) is 36.0 Å². The Morgan fingerprint density at radius 1 is 1.04 bits per heavy atom. The van der Waals surface area contributed by atoms with Crippen molar-refractivity contribution in [1.29, 1.82) is 0 Å². The first-order chi connectivity index (χ1) is 12.2. The summed E-state index contributed by atoms with van der Waals surface area (Å²) in [5, 5.41) is 10.9. The van der Waals surface area contributed by atoms with Crippen LogP contribution in [0.25, 0.3) is 0 Å². The quantitative estimate of drug-likeness (QED) is 0.648. The molecule has 1 aromatic rings. The number of urea groups is 1. The number of benzene rings is 1. The molecular formula is C19H28N4O3. The van der Waals surface area contributed by atoms with Crippen LogP contribution in [0.15, 0.2) is 24.3 Å². The molecule has 0 saturated heterocycles. The molecule has 7 heteroatoms. The number of carbonyl (C=O) groups is 3. The van der Waals surface area contributed by atoms with Crippen molar-refractivity contribution in [2.75, 3.05) is 11.9 Å². The van der Waals surface area contributed by atoms with E-state index in [1.165, 1.54) is 0 Å². The fraction of sp³-hybridized carbons (Fsp3) is 0.526. The fourth-order valence-electron chi connectivity index (χ4n) is 2.80. The highest BCUT2D eigenvalue weighted by molar-refractivity contribution is 5.97. The van der Waals surface area contributed by atoms with E-state index >= 15 is 0 Å². The van der Waals surface area contributed by atoms with Crippen molar-refractivity contribution in [2.45, 2.75) is 58.0 Å². The monoisotopic (exact) mass is 360 g/mol. The minimum absolute atomic E-state index is 0.0222. The lowest BCUT2D eigenvalue weighted by Gasteiger charge is -2.20. The Kier molecular flexibility index (Phi) is 6.60. The van der Waals surface area contributed by atoms with Crippen LogP contribution in [0.2, 0.25) is 0 Å². The van der Waals surface area contributed by atoms with Crippen LogP contribution in [0.4, 0.5) is 10.5 Å². The molecule has 0 heterocycles. The fourth-order valence-corrected chi connectivity index (χ4v) is 2.80. The molecule has 1 fully saturated rings. The first-order valence-corrected chi connectivity index (χ1v) is 9.00. The van der Waals surface area contributed by atoms with E-state index in [1.807, 2.05) is 20.8 Å². The van der Waals surface area contributed by atoms with Gasteiger partial charge in [-0.1, -0.05) is 12.8 Å². The maximum atomic E-state index is 12.1. The molecule has 0 aliphatic heterocycles. The number of imide groups is 1. The molecule has 0 unspecified atom stereocenters. The van der Waals surface area contributed by atoms with Crippen molar-refractivity contribution in [2.24, 2.45) is 0 Å². The number of anilines is 1. The number of hydrogen-bond acceptors (Lipinski definition) is 4. The number of rotatable bonds is 5. The van der Waals surface area contributed by atoms with E-state index in [1.54, 1.807) is 24.3 Å². The Morgan fingerprint density at radius 3 is 2.23 bits per heavy atom. The first kappa shape index (κ1) is 19.8. The van der Waals surface area contributed by atoms with Gasteiger partial charge in [0.1, 0.15) is 0 Å². The van der Waals surface area contributed by atoms with Gasteiger partial charge in [0.2, 0.25) is 5.91 Å². The Labute approximate surface area is 154 Å². The third-order valence-corrected chi connectivity index (χ3v) is 4.03. The summed E-state index contributed by atoms with van der Waals surface area (Å²) < 4.78 is 0. The minimum atomic E-state index is -0.446. The Morgan fingerprint density at radius 2 is 1.65 bits per heavy atom. The molecule has 7 nitrogen and oxygen atoms in total. The molecule has 2 rings (SSSR count). The van der Waals surface area contributed by atoms with E-state index in [-0.39, 0.29) is 24.0 Å². The summed E-state index contributed by atoms with van der Waals surface area (Å²) in [7, 11) is 0. The highest BCUT2D eigenvalue weighted by atomic mass is 16.2. The number of amides is 4. The van der Waals surface area contributed by atoms with Crippen molar-refractivity contribution in [1.82, 2.24) is 16.0 Å². The lowest BCUT2D eigenvalue weighted by atomic mass is 10.1. The van der Waals surface area contributed by atoms with Crippen LogP contribution in [0.3, 0.4) is 0 Å². The van der Waals surface area contributed by atoms with Crippen LogP contribution >= 0.6 is 0 Å². The zero-order chi connectivity index (χ0) is 19.2. The summed E-state index contributed by atoms with van der Waals surface area (Å²) in [5.41, 5.74) is 0.945. The van der Waals surface area contributed by atoms with Gasteiger partial charge in [0.05, 0.1) is 6.54 Å². The van der Waals surface area contributed by atoms with E-state index in [2.05, 4.69) is 21.3 Å². The molecule has 0 radical (unpaired) electrons. The lowest BCUT2D eigenvalue weighted by Crippen LogP contribution is -2.45. The Hall–Kier alpha value is -2.57. The second-order valence-electron chi connectivity index (χ2n) is 7.64. The standard InChI is InChI=1S/C19H28N4O3/c1-19(2,3)23-17(25)13-8-10-14(11-9-13)20-12-16(24)22-18(26)21-15-6-4-5-7-15/h8-11,15,20H,4-7,12H2,1-3H3,(H,23,25)(H2,21,22,24,26). The molecule has 0 bridgehead atoms. The van der Waals surface area contributed by atoms with Crippen molar-refractivity contribution in [3.8, 4) is 0 Å². The van der Waals surface area contributed by atoms with E-state index in [0.29, 0.717) is 11.3 Å². The van der Waals surface area contributed by atoms with Gasteiger partial charge in [0.15, 0.2) is 0 Å². The summed E-state index contributed by atoms with van der Waals surface area (Å²) in [6.45, 7) is 5.73. The normalized spacial score (nSPS) is 14.6. The molecule has 4 N–H and O–H groups in total. The third kappa shape index (κ3) is 6.74. The zero-order valence-electron chi connectivity index (χ0n) is 15.6. The average molecular weight is 360 g/mol. The van der Waals surface area contributed by atoms with Crippen LogP contribution in [0.5, 0.6) is 0 Å². The minimum Gasteiger partial charge on any atom is -0.376 e. The number of hydrogen-bond donors (Lipinski definition) is 4. The third-order valence-electron chi connectivity index (χ3n) is 4.03. The topological polar surface area (TPSA) is 99.3 Å². The van der Waals surface area contributed by atoms with Crippen molar-refractivity contribution in [3.05, 3.63) is 29.8 Å². The van der Waals surface area contributed by atoms with Gasteiger partial charge in [0.25, 0.3) is 5.91 Å². The van der Waals surface area contributed by atoms with Crippen LogP contribution in [0, 0.1) is 0 Å². The summed E-state index contributed by atoms with van der Waals surface area (Å²) in [6.07, 6.45) is 4.17. The predicted octanol–water partition coefficient (Wildman–Crippen LogP) is 2.40. The second kappa shape index (κ2) is 8.69. The summed E-state index contributed by atoms with van der Waals surface area (Å²) in [4.78, 5) is 35.6. The van der Waals surface area contributed by atoms with Gasteiger partial charge in [-0.05, 0) is 57.9 Å². The second-order valence-corrected chi connectivity index (χ2v) is 7.64. The number of nitrogens with one attached hydrogen (secondary N) is 4. The summed E-state index contributed by atoms with van der Waals surface area (Å²) in [6, 6.07) is 6.55. The van der Waals surface area contributed by atoms with E-state index < -0.39 is 11.9 Å². The predicted molar refractivity (Wildman–Crippen MR) is 101 cm³/mol. The largest absolute Gasteiger partial charge is 0.376 e. The van der Waals surface area contributed by atoms with Crippen LogP contribution < -0.4 is 21.3 Å². The van der Waals surface area contributed by atoms with Crippen molar-refractivity contribution >= 4 is 23.5 Å². The highest BCUT2D eigenvalue weighted by Crippen LogP contribution is 2.17. The van der Waals surface area contributed by atoms with Gasteiger partial charge >= 0.3 is 6.03 Å². The van der Waals surface area contributed by atoms with Gasteiger partial charge < -0.3 is 16.0 Å². The summed E-state index contributed by atoms with van der Waals surface area (Å²) in [5.74, 6) is -0.555. The molecule has 26 heavy (non-hydrogen) atoms. The van der Waals surface area contributed by atoms with Crippen LogP contribution in [-0.2, 0) is 4.79 Å². The molecule has 1 saturated carbocycles. The average Bonchev–Trinajstić information content (AvgIpc) is 3.04. The molecule has 0 atom stereocenters. The molecule has 1 aliphatic carbocycles. The number of carbonyl (C=O) groups excluding carboxylic acids is 3. The zero-order valence-corrected chi connectivity index (χ0v) is 15.6. The Balaban J connectivity index is 1.75. The maximum absolute atomic E-state index is 12.1. The molecule has 142 valence electrons. The maximum Gasteiger partial charge on any atom is 0.321 e. The first-order valence-electron chi connectivity index (χ1n) is 9.00. The highest BCUT2D eigenvalue weighted by Gasteiger charge is 2.18. The molecule has 4 amide bonds. The molecule has 1 aliphatic rings. The van der Waals surface area contributed by atoms with E-state index in [4.69, 9.17) is 0 Å². The molecular weight excluding hydrogens is 332 g/mol. The van der Waals surface area contributed by atoms with Gasteiger partial charge in [-0.3, -0.25) is 14.9 Å². The van der Waals surface area contributed by atoms with Gasteiger partial charge in [-0.15, -0.1) is 0 Å². The molecule has 0 aromatic heterocycles. The lowest BCUT2D eigenvalue weighted by molar-refractivity contribution is -0.118. The van der Waals surface area contributed by atoms with Gasteiger partial charge in [-0.2, -0.15) is 0 Å². The van der Waals surface area contributed by atoms with E-state index in [0.717, 1.165) is 25.7 Å².